The summed E-state index contributed by atoms with van der Waals surface area (Å²) in [6, 6.07) is 17.2. The number of nitrogens with zero attached hydrogens (tertiary/aromatic N) is 1. The molecule has 0 aliphatic rings. The second-order valence-electron chi connectivity index (χ2n) is 5.21. The number of nitriles is 1. The van der Waals surface area contributed by atoms with E-state index >= 15 is 0 Å². The summed E-state index contributed by atoms with van der Waals surface area (Å²) in [6.07, 6.45) is 2.17. The lowest BCUT2D eigenvalue weighted by Gasteiger charge is -2.24. The molecule has 1 unspecified atom stereocenters. The minimum atomic E-state index is -1.04. The summed E-state index contributed by atoms with van der Waals surface area (Å²) in [5.41, 5.74) is 2.50. The number of rotatable bonds is 4. The largest absolute Gasteiger partial charge is 0.381 e. The first-order valence-corrected chi connectivity index (χ1v) is 6.90. The lowest BCUT2D eigenvalue weighted by molar-refractivity contribution is 0.102. The molecule has 0 amide bonds. The normalized spacial score (nSPS) is 13.5. The van der Waals surface area contributed by atoms with E-state index in [0.717, 1.165) is 24.0 Å². The van der Waals surface area contributed by atoms with Crippen LogP contribution in [0.1, 0.15) is 42.5 Å². The molecule has 2 aromatic rings. The van der Waals surface area contributed by atoms with Gasteiger partial charge in [-0.25, -0.2) is 0 Å². The monoisotopic (exact) mass is 265 g/mol. The zero-order valence-electron chi connectivity index (χ0n) is 11.9. The van der Waals surface area contributed by atoms with Crippen LogP contribution in [0.5, 0.6) is 0 Å². The van der Waals surface area contributed by atoms with E-state index in [9.17, 15) is 5.11 Å². The summed E-state index contributed by atoms with van der Waals surface area (Å²) in [7, 11) is 0. The van der Waals surface area contributed by atoms with E-state index in [0.29, 0.717) is 5.56 Å². The Hall–Kier alpha value is -2.11. The fraction of sp³-hybridized carbons (Fsp3) is 0.278. The Bertz CT molecular complexity index is 603. The van der Waals surface area contributed by atoms with Crippen LogP contribution in [-0.4, -0.2) is 5.11 Å². The molecule has 2 heteroatoms. The third-order valence-corrected chi connectivity index (χ3v) is 3.63. The molecule has 0 bridgehead atoms. The van der Waals surface area contributed by atoms with E-state index in [2.05, 4.69) is 25.1 Å². The molecule has 20 heavy (non-hydrogen) atoms. The van der Waals surface area contributed by atoms with Crippen LogP contribution in [0.25, 0.3) is 0 Å². The van der Waals surface area contributed by atoms with Crippen LogP contribution in [-0.2, 0) is 12.0 Å². The molecular formula is C18H19NO. The Kier molecular flexibility index (Phi) is 4.22. The van der Waals surface area contributed by atoms with E-state index in [4.69, 9.17) is 5.26 Å². The molecule has 0 saturated heterocycles. The molecule has 102 valence electrons. The van der Waals surface area contributed by atoms with Gasteiger partial charge in [0.15, 0.2) is 0 Å². The van der Waals surface area contributed by atoms with Crippen LogP contribution in [0.3, 0.4) is 0 Å². The Balaban J connectivity index is 2.30. The second-order valence-corrected chi connectivity index (χ2v) is 5.21. The lowest BCUT2D eigenvalue weighted by Crippen LogP contribution is -2.22. The van der Waals surface area contributed by atoms with E-state index in [1.807, 2.05) is 12.1 Å². The third-order valence-electron chi connectivity index (χ3n) is 3.63. The predicted octanol–water partition coefficient (Wildman–Crippen LogP) is 3.77. The first-order valence-electron chi connectivity index (χ1n) is 6.90. The van der Waals surface area contributed by atoms with Crippen molar-refractivity contribution >= 4 is 0 Å². The highest BCUT2D eigenvalue weighted by Gasteiger charge is 2.25. The Morgan fingerprint density at radius 1 is 1.00 bits per heavy atom. The molecule has 2 rings (SSSR count). The van der Waals surface area contributed by atoms with Crippen LogP contribution >= 0.6 is 0 Å². The maximum Gasteiger partial charge on any atom is 0.112 e. The third kappa shape index (κ3) is 2.89. The van der Waals surface area contributed by atoms with Gasteiger partial charge in [0, 0.05) is 0 Å². The number of hydrogen-bond donors (Lipinski definition) is 1. The van der Waals surface area contributed by atoms with Crippen molar-refractivity contribution in [3.05, 3.63) is 70.8 Å². The summed E-state index contributed by atoms with van der Waals surface area (Å²) < 4.78 is 0. The van der Waals surface area contributed by atoms with Crippen molar-refractivity contribution in [3.63, 3.8) is 0 Å². The molecule has 0 fully saturated rings. The number of benzene rings is 2. The molecule has 2 aromatic carbocycles. The zero-order valence-corrected chi connectivity index (χ0v) is 11.9. The highest BCUT2D eigenvalue weighted by Crippen LogP contribution is 2.29. The van der Waals surface area contributed by atoms with Crippen LogP contribution in [0, 0.1) is 11.3 Å². The fourth-order valence-corrected chi connectivity index (χ4v) is 2.32. The fourth-order valence-electron chi connectivity index (χ4n) is 2.32. The molecule has 0 spiro atoms. The summed E-state index contributed by atoms with van der Waals surface area (Å²) in [5.74, 6) is 0. The van der Waals surface area contributed by atoms with Crippen molar-refractivity contribution in [2.75, 3.05) is 0 Å². The highest BCUT2D eigenvalue weighted by atomic mass is 16.3. The summed E-state index contributed by atoms with van der Waals surface area (Å²) >= 11 is 0. The maximum absolute atomic E-state index is 10.8. The SMILES string of the molecule is CCCc1ccc(C(C)(O)c2ccc(C#N)cc2)cc1. The van der Waals surface area contributed by atoms with Gasteiger partial charge in [0.05, 0.1) is 11.6 Å². The number of hydrogen-bond acceptors (Lipinski definition) is 2. The first kappa shape index (κ1) is 14.3. The molecule has 0 aliphatic heterocycles. The lowest BCUT2D eigenvalue weighted by atomic mass is 9.87. The van der Waals surface area contributed by atoms with Gasteiger partial charge in [-0.15, -0.1) is 0 Å². The maximum atomic E-state index is 10.8. The molecule has 2 nitrogen and oxygen atoms in total. The van der Waals surface area contributed by atoms with Crippen LogP contribution in [0.2, 0.25) is 0 Å². The van der Waals surface area contributed by atoms with E-state index in [1.54, 1.807) is 31.2 Å². The van der Waals surface area contributed by atoms with E-state index < -0.39 is 5.60 Å². The molecule has 0 heterocycles. The summed E-state index contributed by atoms with van der Waals surface area (Å²) in [4.78, 5) is 0. The van der Waals surface area contributed by atoms with Crippen molar-refractivity contribution in [1.29, 1.82) is 5.26 Å². The van der Waals surface area contributed by atoms with Crippen LogP contribution in [0.4, 0.5) is 0 Å². The number of aryl methyl sites for hydroxylation is 1. The van der Waals surface area contributed by atoms with Gasteiger partial charge in [0.2, 0.25) is 0 Å². The van der Waals surface area contributed by atoms with Crippen molar-refractivity contribution in [1.82, 2.24) is 0 Å². The molecule has 1 N–H and O–H groups in total. The second kappa shape index (κ2) is 5.90. The van der Waals surface area contributed by atoms with Gasteiger partial charge in [-0.1, -0.05) is 49.7 Å². The molecule has 0 aliphatic carbocycles. The average molecular weight is 265 g/mol. The zero-order chi connectivity index (χ0) is 14.6. The van der Waals surface area contributed by atoms with E-state index in [1.165, 1.54) is 5.56 Å². The molecular weight excluding hydrogens is 246 g/mol. The Labute approximate surface area is 120 Å². The highest BCUT2D eigenvalue weighted by molar-refractivity contribution is 5.40. The molecule has 0 aromatic heterocycles. The quantitative estimate of drug-likeness (QED) is 0.914. The van der Waals surface area contributed by atoms with Crippen molar-refractivity contribution < 1.29 is 5.11 Å². The van der Waals surface area contributed by atoms with Gasteiger partial charge in [-0.2, -0.15) is 5.26 Å². The molecule has 0 radical (unpaired) electrons. The average Bonchev–Trinajstić information content (AvgIpc) is 2.48. The van der Waals surface area contributed by atoms with Gasteiger partial charge in [-0.05, 0) is 42.2 Å². The van der Waals surface area contributed by atoms with Crippen LogP contribution < -0.4 is 0 Å². The van der Waals surface area contributed by atoms with Crippen LogP contribution in [0.15, 0.2) is 48.5 Å². The summed E-state index contributed by atoms with van der Waals surface area (Å²) in [5, 5.41) is 19.6. The minimum absolute atomic E-state index is 0.600. The van der Waals surface area contributed by atoms with Crippen molar-refractivity contribution in [2.45, 2.75) is 32.3 Å². The Morgan fingerprint density at radius 2 is 1.50 bits per heavy atom. The van der Waals surface area contributed by atoms with E-state index in [-0.39, 0.29) is 0 Å². The molecule has 0 saturated carbocycles. The van der Waals surface area contributed by atoms with Gasteiger partial charge >= 0.3 is 0 Å². The van der Waals surface area contributed by atoms with Crippen molar-refractivity contribution in [2.24, 2.45) is 0 Å². The smallest absolute Gasteiger partial charge is 0.112 e. The van der Waals surface area contributed by atoms with Crippen molar-refractivity contribution in [3.8, 4) is 6.07 Å². The number of aliphatic hydroxyl groups is 1. The standard InChI is InChI=1S/C18H19NO/c1-3-4-14-5-9-16(10-6-14)18(2,20)17-11-7-15(13-19)8-12-17/h5-12,20H,3-4H2,1-2H3. The summed E-state index contributed by atoms with van der Waals surface area (Å²) in [6.45, 7) is 3.93. The molecule has 1 atom stereocenters. The van der Waals surface area contributed by atoms with Gasteiger partial charge in [0.1, 0.15) is 5.60 Å². The Morgan fingerprint density at radius 3 is 1.95 bits per heavy atom. The van der Waals surface area contributed by atoms with Gasteiger partial charge < -0.3 is 5.11 Å². The predicted molar refractivity (Wildman–Crippen MR) is 80.3 cm³/mol. The topological polar surface area (TPSA) is 44.0 Å². The van der Waals surface area contributed by atoms with Gasteiger partial charge in [0.25, 0.3) is 0 Å². The van der Waals surface area contributed by atoms with Gasteiger partial charge in [-0.3, -0.25) is 0 Å². The first-order chi connectivity index (χ1) is 9.57. The minimum Gasteiger partial charge on any atom is -0.381 e.